The first kappa shape index (κ1) is 19.1. The smallest absolute Gasteiger partial charge is 0.223 e. The third-order valence-electron chi connectivity index (χ3n) is 5.77. The third-order valence-corrected chi connectivity index (χ3v) is 5.77. The fourth-order valence-corrected chi connectivity index (χ4v) is 4.10. The highest BCUT2D eigenvalue weighted by Crippen LogP contribution is 2.32. The number of morpholine rings is 1. The van der Waals surface area contributed by atoms with Crippen LogP contribution in [-0.4, -0.2) is 36.5 Å². The molecule has 2 aliphatic heterocycles. The van der Waals surface area contributed by atoms with Gasteiger partial charge in [0, 0.05) is 24.9 Å². The molecule has 2 aliphatic rings. The van der Waals surface area contributed by atoms with Crippen LogP contribution in [-0.2, 0) is 9.53 Å². The van der Waals surface area contributed by atoms with Gasteiger partial charge in [0.15, 0.2) is 0 Å². The first-order valence-electron chi connectivity index (χ1n) is 9.82. The summed E-state index contributed by atoms with van der Waals surface area (Å²) in [7, 11) is 0. The van der Waals surface area contributed by atoms with Crippen molar-refractivity contribution in [1.82, 2.24) is 15.8 Å². The molecule has 1 amide bonds. The molecule has 6 heteroatoms. The van der Waals surface area contributed by atoms with E-state index in [0.717, 1.165) is 11.1 Å². The molecule has 0 aromatic heterocycles. The summed E-state index contributed by atoms with van der Waals surface area (Å²) < 4.78 is 19.2. The van der Waals surface area contributed by atoms with E-state index in [1.807, 2.05) is 35.2 Å². The van der Waals surface area contributed by atoms with Gasteiger partial charge in [0.1, 0.15) is 11.9 Å². The molecule has 0 bridgehead atoms. The minimum absolute atomic E-state index is 0.0227. The van der Waals surface area contributed by atoms with Gasteiger partial charge >= 0.3 is 0 Å². The van der Waals surface area contributed by atoms with Gasteiger partial charge in [-0.3, -0.25) is 10.2 Å². The standard InChI is InChI=1S/C22H26FN3O2/c1-15-19(22(25-24-15)17-7-9-18(23)10-8-17)13-21(27)26-11-12-28-20(14-26)16-5-3-2-4-6-16/h2-10,15,19-20,22,24-25H,11-14H2,1H3. The van der Waals surface area contributed by atoms with Crippen LogP contribution < -0.4 is 10.9 Å². The molecule has 28 heavy (non-hydrogen) atoms. The Morgan fingerprint density at radius 3 is 2.61 bits per heavy atom. The van der Waals surface area contributed by atoms with Crippen LogP contribution in [0.15, 0.2) is 54.6 Å². The Morgan fingerprint density at radius 1 is 1.11 bits per heavy atom. The topological polar surface area (TPSA) is 53.6 Å². The lowest BCUT2D eigenvalue weighted by Crippen LogP contribution is -2.43. The number of carbonyl (C=O) groups excluding carboxylic acids is 1. The Bertz CT molecular complexity index is 799. The monoisotopic (exact) mass is 383 g/mol. The molecule has 2 fully saturated rings. The molecular formula is C22H26FN3O2. The number of ether oxygens (including phenoxy) is 1. The fourth-order valence-electron chi connectivity index (χ4n) is 4.10. The minimum Gasteiger partial charge on any atom is -0.370 e. The van der Waals surface area contributed by atoms with Crippen molar-refractivity contribution in [2.45, 2.75) is 31.5 Å². The SMILES string of the molecule is CC1NNC(c2ccc(F)cc2)C1CC(=O)N1CCOC(c2ccccc2)C1. The van der Waals surface area contributed by atoms with Crippen molar-refractivity contribution in [2.75, 3.05) is 19.7 Å². The van der Waals surface area contributed by atoms with Gasteiger partial charge in [-0.15, -0.1) is 0 Å². The molecule has 148 valence electrons. The number of benzene rings is 2. The predicted octanol–water partition coefficient (Wildman–Crippen LogP) is 2.97. The van der Waals surface area contributed by atoms with Crippen molar-refractivity contribution in [1.29, 1.82) is 0 Å². The highest BCUT2D eigenvalue weighted by atomic mass is 19.1. The zero-order valence-corrected chi connectivity index (χ0v) is 16.0. The summed E-state index contributed by atoms with van der Waals surface area (Å²) in [6, 6.07) is 16.6. The van der Waals surface area contributed by atoms with Gasteiger partial charge in [-0.2, -0.15) is 0 Å². The van der Waals surface area contributed by atoms with Gasteiger partial charge in [-0.25, -0.2) is 9.82 Å². The summed E-state index contributed by atoms with van der Waals surface area (Å²) in [4.78, 5) is 15.0. The van der Waals surface area contributed by atoms with E-state index >= 15 is 0 Å². The summed E-state index contributed by atoms with van der Waals surface area (Å²) in [5, 5.41) is 0. The van der Waals surface area contributed by atoms with Crippen LogP contribution in [0.25, 0.3) is 0 Å². The average Bonchev–Trinajstić information content (AvgIpc) is 3.09. The number of nitrogens with zero attached hydrogens (tertiary/aromatic N) is 1. The van der Waals surface area contributed by atoms with Gasteiger partial charge < -0.3 is 9.64 Å². The van der Waals surface area contributed by atoms with Crippen molar-refractivity contribution in [3.8, 4) is 0 Å². The summed E-state index contributed by atoms with van der Waals surface area (Å²) in [6.07, 6.45) is 0.356. The van der Waals surface area contributed by atoms with Crippen molar-refractivity contribution in [2.24, 2.45) is 5.92 Å². The molecule has 5 nitrogen and oxygen atoms in total. The Morgan fingerprint density at radius 2 is 1.86 bits per heavy atom. The van der Waals surface area contributed by atoms with Gasteiger partial charge in [0.05, 0.1) is 19.2 Å². The number of hydrogen-bond donors (Lipinski definition) is 2. The molecule has 0 radical (unpaired) electrons. The van der Waals surface area contributed by atoms with E-state index in [1.54, 1.807) is 12.1 Å². The van der Waals surface area contributed by atoms with E-state index in [-0.39, 0.29) is 35.8 Å². The number of hydrogen-bond acceptors (Lipinski definition) is 4. The average molecular weight is 383 g/mol. The fraction of sp³-hybridized carbons (Fsp3) is 0.409. The third kappa shape index (κ3) is 4.09. The summed E-state index contributed by atoms with van der Waals surface area (Å²) in [5.74, 6) is -0.0228. The molecule has 2 aromatic rings. The van der Waals surface area contributed by atoms with E-state index < -0.39 is 0 Å². The first-order valence-corrected chi connectivity index (χ1v) is 9.82. The normalized spacial score (nSPS) is 27.7. The minimum atomic E-state index is -0.254. The second-order valence-electron chi connectivity index (χ2n) is 7.58. The van der Waals surface area contributed by atoms with Gasteiger partial charge in [-0.05, 0) is 30.2 Å². The van der Waals surface area contributed by atoms with Gasteiger partial charge in [0.25, 0.3) is 0 Å². The van der Waals surface area contributed by atoms with Crippen LogP contribution in [0, 0.1) is 11.7 Å². The zero-order valence-electron chi connectivity index (χ0n) is 16.0. The Balaban J connectivity index is 1.43. The number of hydrazine groups is 1. The van der Waals surface area contributed by atoms with E-state index in [0.29, 0.717) is 26.1 Å². The molecule has 0 saturated carbocycles. The van der Waals surface area contributed by atoms with Crippen molar-refractivity contribution in [3.63, 3.8) is 0 Å². The van der Waals surface area contributed by atoms with Crippen LogP contribution in [0.2, 0.25) is 0 Å². The summed E-state index contributed by atoms with van der Waals surface area (Å²) in [5.41, 5.74) is 8.59. The van der Waals surface area contributed by atoms with Crippen molar-refractivity contribution >= 4 is 5.91 Å². The lowest BCUT2D eigenvalue weighted by Gasteiger charge is -2.34. The molecule has 4 rings (SSSR count). The van der Waals surface area contributed by atoms with Crippen molar-refractivity contribution in [3.05, 3.63) is 71.5 Å². The summed E-state index contributed by atoms with van der Waals surface area (Å²) >= 11 is 0. The summed E-state index contributed by atoms with van der Waals surface area (Å²) in [6.45, 7) is 3.81. The molecule has 4 atom stereocenters. The first-order chi connectivity index (χ1) is 13.6. The van der Waals surface area contributed by atoms with E-state index in [1.165, 1.54) is 12.1 Å². The van der Waals surface area contributed by atoms with Gasteiger partial charge in [0.2, 0.25) is 5.91 Å². The molecule has 0 aliphatic carbocycles. The highest BCUT2D eigenvalue weighted by Gasteiger charge is 2.37. The zero-order chi connectivity index (χ0) is 19.5. The highest BCUT2D eigenvalue weighted by molar-refractivity contribution is 5.77. The van der Waals surface area contributed by atoms with E-state index in [9.17, 15) is 9.18 Å². The van der Waals surface area contributed by atoms with Crippen LogP contribution in [0.3, 0.4) is 0 Å². The molecule has 2 aromatic carbocycles. The largest absolute Gasteiger partial charge is 0.370 e. The predicted molar refractivity (Wildman–Crippen MR) is 105 cm³/mol. The second kappa shape index (κ2) is 8.39. The quantitative estimate of drug-likeness (QED) is 0.852. The Labute approximate surface area is 164 Å². The Hall–Kier alpha value is -2.28. The van der Waals surface area contributed by atoms with Gasteiger partial charge in [-0.1, -0.05) is 42.5 Å². The van der Waals surface area contributed by atoms with Crippen LogP contribution in [0.1, 0.15) is 36.6 Å². The molecular weight excluding hydrogens is 357 g/mol. The molecule has 2 heterocycles. The van der Waals surface area contributed by atoms with Crippen LogP contribution >= 0.6 is 0 Å². The molecule has 4 unspecified atom stereocenters. The molecule has 2 saturated heterocycles. The lowest BCUT2D eigenvalue weighted by molar-refractivity contribution is -0.140. The van der Waals surface area contributed by atoms with E-state index in [4.69, 9.17) is 4.74 Å². The van der Waals surface area contributed by atoms with Crippen LogP contribution in [0.4, 0.5) is 4.39 Å². The lowest BCUT2D eigenvalue weighted by atomic mass is 9.87. The number of rotatable bonds is 4. The van der Waals surface area contributed by atoms with Crippen molar-refractivity contribution < 1.29 is 13.9 Å². The number of carbonyl (C=O) groups is 1. The maximum Gasteiger partial charge on any atom is 0.223 e. The second-order valence-corrected chi connectivity index (χ2v) is 7.58. The van der Waals surface area contributed by atoms with Crippen LogP contribution in [0.5, 0.6) is 0 Å². The Kier molecular flexibility index (Phi) is 5.71. The number of amides is 1. The number of nitrogens with one attached hydrogen (secondary N) is 2. The number of halogens is 1. The molecule has 2 N–H and O–H groups in total. The van der Waals surface area contributed by atoms with E-state index in [2.05, 4.69) is 17.8 Å². The maximum atomic E-state index is 13.3. The molecule has 0 spiro atoms. The maximum absolute atomic E-state index is 13.3.